The van der Waals surface area contributed by atoms with Crippen LogP contribution in [0, 0.1) is 11.8 Å². The van der Waals surface area contributed by atoms with Gasteiger partial charge < -0.3 is 4.74 Å². The summed E-state index contributed by atoms with van der Waals surface area (Å²) in [5.74, 6) is 4.65. The van der Waals surface area contributed by atoms with Gasteiger partial charge in [0.25, 0.3) is 0 Å². The lowest BCUT2D eigenvalue weighted by atomic mass is 10.2. The fourth-order valence-corrected chi connectivity index (χ4v) is 1.42. The van der Waals surface area contributed by atoms with Gasteiger partial charge in [0.2, 0.25) is 9.05 Å². The molecule has 0 aliphatic heterocycles. The van der Waals surface area contributed by atoms with E-state index in [4.69, 9.17) is 15.4 Å². The molecule has 0 fully saturated rings. The third kappa shape index (κ3) is 6.46. The molecule has 0 atom stereocenters. The van der Waals surface area contributed by atoms with Crippen molar-refractivity contribution < 1.29 is 13.2 Å². The molecule has 86 valence electrons. The van der Waals surface area contributed by atoms with Crippen LogP contribution in [0.1, 0.15) is 5.56 Å². The van der Waals surface area contributed by atoms with Crippen molar-refractivity contribution in [3.63, 3.8) is 0 Å². The smallest absolute Gasteiger partial charge is 0.243 e. The van der Waals surface area contributed by atoms with E-state index in [9.17, 15) is 8.42 Å². The molecule has 0 spiro atoms. The zero-order chi connectivity index (χ0) is 11.9. The maximum absolute atomic E-state index is 10.5. The van der Waals surface area contributed by atoms with Gasteiger partial charge in [-0.05, 0) is 5.56 Å². The van der Waals surface area contributed by atoms with Crippen molar-refractivity contribution in [2.45, 2.75) is 6.61 Å². The Morgan fingerprint density at radius 2 is 1.88 bits per heavy atom. The lowest BCUT2D eigenvalue weighted by Crippen LogP contribution is -1.95. The van der Waals surface area contributed by atoms with E-state index in [0.717, 1.165) is 5.56 Å². The van der Waals surface area contributed by atoms with Gasteiger partial charge >= 0.3 is 0 Å². The molecule has 0 aliphatic rings. The highest BCUT2D eigenvalue weighted by atomic mass is 35.7. The summed E-state index contributed by atoms with van der Waals surface area (Å²) in [6, 6.07) is 9.65. The first-order valence-electron chi connectivity index (χ1n) is 4.58. The number of hydrogen-bond donors (Lipinski definition) is 0. The summed E-state index contributed by atoms with van der Waals surface area (Å²) in [4.78, 5) is 0. The summed E-state index contributed by atoms with van der Waals surface area (Å²) in [7, 11) is 1.45. The van der Waals surface area contributed by atoms with Gasteiger partial charge in [-0.2, -0.15) is 0 Å². The van der Waals surface area contributed by atoms with Crippen LogP contribution in [0.4, 0.5) is 0 Å². The van der Waals surface area contributed by atoms with Gasteiger partial charge in [-0.25, -0.2) is 8.42 Å². The van der Waals surface area contributed by atoms with Crippen molar-refractivity contribution in [2.75, 3.05) is 12.4 Å². The summed E-state index contributed by atoms with van der Waals surface area (Å²) in [6.07, 6.45) is 0. The Kier molecular flexibility index (Phi) is 5.33. The van der Waals surface area contributed by atoms with Gasteiger partial charge in [-0.15, -0.1) is 0 Å². The first kappa shape index (κ1) is 13.0. The number of halogens is 1. The standard InChI is InChI=1S/C11H11ClO3S/c12-16(13,14)9-5-4-8-15-10-11-6-2-1-3-7-11/h1-3,6-7H,8-10H2. The van der Waals surface area contributed by atoms with Crippen LogP contribution < -0.4 is 0 Å². The molecule has 0 unspecified atom stereocenters. The van der Waals surface area contributed by atoms with Crippen molar-refractivity contribution in [1.29, 1.82) is 0 Å². The van der Waals surface area contributed by atoms with E-state index in [1.165, 1.54) is 0 Å². The summed E-state index contributed by atoms with van der Waals surface area (Å²) in [5.41, 5.74) is 1.05. The first-order valence-corrected chi connectivity index (χ1v) is 7.05. The quantitative estimate of drug-likeness (QED) is 0.470. The van der Waals surface area contributed by atoms with Gasteiger partial charge in [0.1, 0.15) is 12.4 Å². The lowest BCUT2D eigenvalue weighted by molar-refractivity contribution is 0.153. The molecule has 0 amide bonds. The zero-order valence-corrected chi connectivity index (χ0v) is 10.1. The number of hydrogen-bond acceptors (Lipinski definition) is 3. The predicted octanol–water partition coefficient (Wildman–Crippen LogP) is 1.78. The Morgan fingerprint density at radius 3 is 2.50 bits per heavy atom. The molecule has 1 aromatic carbocycles. The Bertz CT molecular complexity index is 471. The summed E-state index contributed by atoms with van der Waals surface area (Å²) in [5, 5.41) is 0. The minimum atomic E-state index is -3.52. The average Bonchev–Trinajstić information content (AvgIpc) is 2.23. The maximum atomic E-state index is 10.5. The molecule has 5 heteroatoms. The Morgan fingerprint density at radius 1 is 1.19 bits per heavy atom. The summed E-state index contributed by atoms with van der Waals surface area (Å²) >= 11 is 0. The van der Waals surface area contributed by atoms with Crippen LogP contribution in [-0.4, -0.2) is 20.8 Å². The van der Waals surface area contributed by atoms with Crippen molar-refractivity contribution in [3.8, 4) is 11.8 Å². The second kappa shape index (κ2) is 6.54. The van der Waals surface area contributed by atoms with Gasteiger partial charge in [0.15, 0.2) is 0 Å². The number of ether oxygens (including phenoxy) is 1. The highest BCUT2D eigenvalue weighted by Gasteiger charge is 1.99. The van der Waals surface area contributed by atoms with Crippen LogP contribution in [0.2, 0.25) is 0 Å². The van der Waals surface area contributed by atoms with E-state index in [1.54, 1.807) is 0 Å². The first-order chi connectivity index (χ1) is 7.58. The lowest BCUT2D eigenvalue weighted by Gasteiger charge is -1.98. The van der Waals surface area contributed by atoms with E-state index >= 15 is 0 Å². The van der Waals surface area contributed by atoms with Crippen LogP contribution >= 0.6 is 10.7 Å². The minimum Gasteiger partial charge on any atom is -0.364 e. The van der Waals surface area contributed by atoms with E-state index in [-0.39, 0.29) is 12.4 Å². The number of benzene rings is 1. The molecule has 0 radical (unpaired) electrons. The second-order valence-corrected chi connectivity index (χ2v) is 5.79. The van der Waals surface area contributed by atoms with Gasteiger partial charge in [-0.3, -0.25) is 0 Å². The van der Waals surface area contributed by atoms with Crippen LogP contribution in [0.3, 0.4) is 0 Å². The van der Waals surface area contributed by atoms with Gasteiger partial charge in [0, 0.05) is 10.7 Å². The fraction of sp³-hybridized carbons (Fsp3) is 0.273. The molecular weight excluding hydrogens is 248 g/mol. The van der Waals surface area contributed by atoms with Crippen molar-refractivity contribution in [3.05, 3.63) is 35.9 Å². The Hall–Kier alpha value is -1.02. The largest absolute Gasteiger partial charge is 0.364 e. The fourth-order valence-electron chi connectivity index (χ4n) is 0.982. The van der Waals surface area contributed by atoms with Crippen molar-refractivity contribution in [1.82, 2.24) is 0 Å². The molecule has 1 rings (SSSR count). The molecule has 0 heterocycles. The van der Waals surface area contributed by atoms with Crippen LogP contribution in [0.5, 0.6) is 0 Å². The maximum Gasteiger partial charge on any atom is 0.243 e. The van der Waals surface area contributed by atoms with Gasteiger partial charge in [-0.1, -0.05) is 42.2 Å². The molecular formula is C11H11ClO3S. The molecule has 0 saturated heterocycles. The average molecular weight is 259 g/mol. The van der Waals surface area contributed by atoms with E-state index in [0.29, 0.717) is 6.61 Å². The number of rotatable bonds is 4. The predicted molar refractivity (Wildman–Crippen MR) is 63.5 cm³/mol. The molecule has 0 bridgehead atoms. The van der Waals surface area contributed by atoms with E-state index in [1.807, 2.05) is 30.3 Å². The third-order valence-corrected chi connectivity index (χ3v) is 2.47. The molecule has 1 aromatic rings. The van der Waals surface area contributed by atoms with E-state index in [2.05, 4.69) is 11.8 Å². The third-order valence-electron chi connectivity index (χ3n) is 1.66. The molecule has 0 N–H and O–H groups in total. The normalized spacial score (nSPS) is 10.6. The van der Waals surface area contributed by atoms with Crippen molar-refractivity contribution >= 4 is 19.7 Å². The molecule has 0 saturated carbocycles. The zero-order valence-electron chi connectivity index (χ0n) is 8.52. The molecule has 16 heavy (non-hydrogen) atoms. The van der Waals surface area contributed by atoms with E-state index < -0.39 is 9.05 Å². The summed E-state index contributed by atoms with van der Waals surface area (Å²) < 4.78 is 26.2. The monoisotopic (exact) mass is 258 g/mol. The Labute approximate surface area is 99.8 Å². The van der Waals surface area contributed by atoms with Crippen LogP contribution in [-0.2, 0) is 20.4 Å². The highest BCUT2D eigenvalue weighted by Crippen LogP contribution is 1.99. The minimum absolute atomic E-state index is 0.196. The highest BCUT2D eigenvalue weighted by molar-refractivity contribution is 8.13. The van der Waals surface area contributed by atoms with Crippen molar-refractivity contribution in [2.24, 2.45) is 0 Å². The topological polar surface area (TPSA) is 43.4 Å². The molecule has 0 aliphatic carbocycles. The van der Waals surface area contributed by atoms with Crippen LogP contribution in [0.15, 0.2) is 30.3 Å². The van der Waals surface area contributed by atoms with Gasteiger partial charge in [0.05, 0.1) is 6.61 Å². The molecule has 3 nitrogen and oxygen atoms in total. The molecule has 0 aromatic heterocycles. The summed E-state index contributed by atoms with van der Waals surface area (Å²) in [6.45, 7) is 0.657. The van der Waals surface area contributed by atoms with Crippen LogP contribution in [0.25, 0.3) is 0 Å². The Balaban J connectivity index is 2.22. The second-order valence-electron chi connectivity index (χ2n) is 3.02. The SMILES string of the molecule is O=S(=O)(Cl)CC#CCOCc1ccccc1.